The van der Waals surface area contributed by atoms with Crippen molar-refractivity contribution in [1.82, 2.24) is 4.98 Å². The molecule has 0 spiro atoms. The second-order valence-corrected chi connectivity index (χ2v) is 11.8. The molecule has 144 valence electrons. The molecule has 0 unspecified atom stereocenters. The first-order chi connectivity index (χ1) is 11.9. The highest BCUT2D eigenvalue weighted by molar-refractivity contribution is 6.74. The van der Waals surface area contributed by atoms with E-state index in [-0.39, 0.29) is 27.7 Å². The van der Waals surface area contributed by atoms with Crippen LogP contribution in [0.1, 0.15) is 52.1 Å². The quantitative estimate of drug-likeness (QED) is 0.435. The Morgan fingerprint density at radius 1 is 0.885 bits per heavy atom. The summed E-state index contributed by atoms with van der Waals surface area (Å²) in [4.78, 5) is 40.2. The first-order valence-electron chi connectivity index (χ1n) is 7.88. The third-order valence-corrected chi connectivity index (χ3v) is 8.66. The first kappa shape index (κ1) is 21.6. The van der Waals surface area contributed by atoms with Gasteiger partial charge in [0.1, 0.15) is 5.75 Å². The number of nitrogens with zero attached hydrogens (tertiary/aromatic N) is 1. The van der Waals surface area contributed by atoms with Gasteiger partial charge in [0.15, 0.2) is 11.4 Å². The number of rotatable bonds is 5. The van der Waals surface area contributed by atoms with Gasteiger partial charge in [0.05, 0.1) is 26.9 Å². The Hall–Kier alpha value is -2.42. The number of hydrogen-bond acceptors (Lipinski definition) is 8. The van der Waals surface area contributed by atoms with Crippen molar-refractivity contribution in [2.24, 2.45) is 0 Å². The van der Waals surface area contributed by atoms with Crippen LogP contribution in [0.25, 0.3) is 0 Å². The maximum Gasteiger partial charge on any atom is 0.360 e. The Morgan fingerprint density at radius 3 is 1.77 bits per heavy atom. The summed E-state index contributed by atoms with van der Waals surface area (Å²) in [5, 5.41) is -0.174. The zero-order valence-corrected chi connectivity index (χ0v) is 17.4. The standard InChI is InChI=1S/C17H25NO7Si/c1-17(2,3)26(7,8)25-11-9-10(14(19)22-4)12(15(20)23-5)18-13(11)16(21)24-6/h9H,1-8H3. The van der Waals surface area contributed by atoms with E-state index in [2.05, 4.69) is 9.72 Å². The lowest BCUT2D eigenvalue weighted by Gasteiger charge is -2.36. The van der Waals surface area contributed by atoms with Crippen LogP contribution < -0.4 is 4.43 Å². The average Bonchev–Trinajstić information content (AvgIpc) is 2.57. The molecule has 0 radical (unpaired) electrons. The summed E-state index contributed by atoms with van der Waals surface area (Å²) < 4.78 is 20.2. The molecule has 1 heterocycles. The van der Waals surface area contributed by atoms with E-state index in [4.69, 9.17) is 13.9 Å². The molecule has 0 aromatic carbocycles. The van der Waals surface area contributed by atoms with Crippen LogP contribution in [-0.2, 0) is 14.2 Å². The molecule has 0 N–H and O–H groups in total. The van der Waals surface area contributed by atoms with Crippen molar-refractivity contribution >= 4 is 26.2 Å². The number of carbonyl (C=O) groups excluding carboxylic acids is 3. The highest BCUT2D eigenvalue weighted by Gasteiger charge is 2.40. The SMILES string of the molecule is COC(=O)c1cc(O[Si](C)(C)C(C)(C)C)c(C(=O)OC)nc1C(=O)OC. The number of pyridine rings is 1. The van der Waals surface area contributed by atoms with Crippen LogP contribution in [0.15, 0.2) is 6.07 Å². The van der Waals surface area contributed by atoms with E-state index in [0.717, 1.165) is 7.11 Å². The topological polar surface area (TPSA) is 101 Å². The predicted molar refractivity (Wildman–Crippen MR) is 96.1 cm³/mol. The Bertz CT molecular complexity index is 723. The highest BCUT2D eigenvalue weighted by atomic mass is 28.4. The lowest BCUT2D eigenvalue weighted by molar-refractivity contribution is 0.0543. The van der Waals surface area contributed by atoms with Gasteiger partial charge in [-0.3, -0.25) is 0 Å². The van der Waals surface area contributed by atoms with Gasteiger partial charge in [-0.1, -0.05) is 20.8 Å². The number of hydrogen-bond donors (Lipinski definition) is 0. The van der Waals surface area contributed by atoms with E-state index < -0.39 is 26.2 Å². The summed E-state index contributed by atoms with van der Waals surface area (Å²) in [6, 6.07) is 1.28. The molecular formula is C17H25NO7Si. The molecule has 1 aromatic heterocycles. The second kappa shape index (κ2) is 7.86. The molecule has 1 rings (SSSR count). The maximum absolute atomic E-state index is 12.2. The van der Waals surface area contributed by atoms with Gasteiger partial charge in [-0.25, -0.2) is 19.4 Å². The third kappa shape index (κ3) is 4.40. The fourth-order valence-electron chi connectivity index (χ4n) is 1.76. The molecule has 0 bridgehead atoms. The summed E-state index contributed by atoms with van der Waals surface area (Å²) >= 11 is 0. The monoisotopic (exact) mass is 383 g/mol. The number of esters is 3. The minimum absolute atomic E-state index is 0.0662. The molecule has 0 saturated carbocycles. The smallest absolute Gasteiger partial charge is 0.360 e. The van der Waals surface area contributed by atoms with Crippen LogP contribution >= 0.6 is 0 Å². The number of aromatic nitrogens is 1. The number of methoxy groups -OCH3 is 3. The average molecular weight is 383 g/mol. The second-order valence-electron chi connectivity index (χ2n) is 7.07. The Labute approximate surface area is 153 Å². The minimum Gasteiger partial charge on any atom is -0.542 e. The van der Waals surface area contributed by atoms with Crippen molar-refractivity contribution in [3.63, 3.8) is 0 Å². The zero-order chi connectivity index (χ0) is 20.3. The molecule has 1 aromatic rings. The van der Waals surface area contributed by atoms with Gasteiger partial charge in [-0.2, -0.15) is 0 Å². The lowest BCUT2D eigenvalue weighted by Crippen LogP contribution is -2.44. The van der Waals surface area contributed by atoms with E-state index in [9.17, 15) is 14.4 Å². The lowest BCUT2D eigenvalue weighted by atomic mass is 10.1. The Balaban J connectivity index is 3.69. The van der Waals surface area contributed by atoms with Crippen molar-refractivity contribution in [2.45, 2.75) is 38.9 Å². The van der Waals surface area contributed by atoms with Crippen molar-refractivity contribution in [1.29, 1.82) is 0 Å². The molecule has 9 heteroatoms. The van der Waals surface area contributed by atoms with Crippen LogP contribution in [0.4, 0.5) is 0 Å². The first-order valence-corrected chi connectivity index (χ1v) is 10.8. The summed E-state index contributed by atoms with van der Waals surface area (Å²) in [7, 11) is 1.13. The van der Waals surface area contributed by atoms with E-state index >= 15 is 0 Å². The van der Waals surface area contributed by atoms with E-state index in [0.29, 0.717) is 0 Å². The maximum atomic E-state index is 12.2. The minimum atomic E-state index is -2.37. The predicted octanol–water partition coefficient (Wildman–Crippen LogP) is 2.83. The molecule has 0 saturated heterocycles. The molecule has 8 nitrogen and oxygen atoms in total. The number of ether oxygens (including phenoxy) is 3. The van der Waals surface area contributed by atoms with Crippen LogP contribution in [0.2, 0.25) is 18.1 Å². The van der Waals surface area contributed by atoms with E-state index in [1.807, 2.05) is 33.9 Å². The normalized spacial score (nSPS) is 11.5. The van der Waals surface area contributed by atoms with Gasteiger partial charge in [0.2, 0.25) is 0 Å². The van der Waals surface area contributed by atoms with Crippen LogP contribution in [0.3, 0.4) is 0 Å². The third-order valence-electron chi connectivity index (χ3n) is 4.32. The van der Waals surface area contributed by atoms with Gasteiger partial charge in [-0.15, -0.1) is 0 Å². The van der Waals surface area contributed by atoms with Gasteiger partial charge in [-0.05, 0) is 24.2 Å². The summed E-state index contributed by atoms with van der Waals surface area (Å²) in [6.07, 6.45) is 0. The van der Waals surface area contributed by atoms with Crippen molar-refractivity contribution < 1.29 is 33.0 Å². The van der Waals surface area contributed by atoms with Crippen LogP contribution in [0, 0.1) is 0 Å². The van der Waals surface area contributed by atoms with Crippen molar-refractivity contribution in [2.75, 3.05) is 21.3 Å². The molecule has 0 aliphatic carbocycles. The molecule has 0 amide bonds. The van der Waals surface area contributed by atoms with Crippen molar-refractivity contribution in [3.8, 4) is 5.75 Å². The summed E-state index contributed by atoms with van der Waals surface area (Å²) in [6.45, 7) is 10.0. The largest absolute Gasteiger partial charge is 0.542 e. The van der Waals surface area contributed by atoms with Gasteiger partial charge in [0, 0.05) is 0 Å². The van der Waals surface area contributed by atoms with E-state index in [1.54, 1.807) is 0 Å². The molecule has 0 atom stereocenters. The Kier molecular flexibility index (Phi) is 6.53. The highest BCUT2D eigenvalue weighted by Crippen LogP contribution is 2.38. The van der Waals surface area contributed by atoms with Gasteiger partial charge >= 0.3 is 17.9 Å². The van der Waals surface area contributed by atoms with Gasteiger partial charge in [0.25, 0.3) is 8.32 Å². The van der Waals surface area contributed by atoms with E-state index in [1.165, 1.54) is 20.3 Å². The molecule has 0 fully saturated rings. The number of carbonyl (C=O) groups is 3. The fraction of sp³-hybridized carbons (Fsp3) is 0.529. The molecule has 0 aliphatic heterocycles. The van der Waals surface area contributed by atoms with Crippen LogP contribution in [-0.4, -0.2) is 52.5 Å². The summed E-state index contributed by atoms with van der Waals surface area (Å²) in [5.41, 5.74) is -0.701. The zero-order valence-electron chi connectivity index (χ0n) is 16.4. The van der Waals surface area contributed by atoms with Crippen molar-refractivity contribution in [3.05, 3.63) is 23.0 Å². The molecular weight excluding hydrogens is 358 g/mol. The summed E-state index contributed by atoms with van der Waals surface area (Å²) in [5.74, 6) is -2.40. The van der Waals surface area contributed by atoms with Crippen LogP contribution in [0.5, 0.6) is 5.75 Å². The molecule has 0 aliphatic rings. The van der Waals surface area contributed by atoms with Gasteiger partial charge < -0.3 is 18.6 Å². The fourth-order valence-corrected chi connectivity index (χ4v) is 2.77. The molecule has 26 heavy (non-hydrogen) atoms. The Morgan fingerprint density at radius 2 is 1.35 bits per heavy atom.